The molecule has 0 amide bonds. The Morgan fingerprint density at radius 1 is 1.50 bits per heavy atom. The lowest BCUT2D eigenvalue weighted by atomic mass is 10.6. The van der Waals surface area contributed by atoms with Gasteiger partial charge in [0.15, 0.2) is 0 Å². The molecule has 8 heavy (non-hydrogen) atoms. The van der Waals surface area contributed by atoms with Crippen molar-refractivity contribution in [2.24, 2.45) is 0 Å². The molecular weight excluding hydrogens is 112 g/mol. The van der Waals surface area contributed by atoms with Gasteiger partial charge in [-0.2, -0.15) is 8.78 Å². The van der Waals surface area contributed by atoms with Gasteiger partial charge in [-0.25, -0.2) is 0 Å². The fraction of sp³-hybridized carbons (Fsp3) is 0.600. The van der Waals surface area contributed by atoms with Crippen LogP contribution in [0.1, 0.15) is 0 Å². The number of halogens is 2. The Labute approximate surface area is 47.6 Å². The lowest BCUT2D eigenvalue weighted by Gasteiger charge is -2.01. The predicted octanol–water partition coefficient (Wildman–Crippen LogP) is 1.33. The molecule has 0 aromatic carbocycles. The van der Waals surface area contributed by atoms with E-state index in [2.05, 4.69) is 0 Å². The summed E-state index contributed by atoms with van der Waals surface area (Å²) < 4.78 is 22.5. The van der Waals surface area contributed by atoms with E-state index in [0.717, 1.165) is 6.08 Å². The molecule has 0 aromatic rings. The number of hydrogen-bond acceptors (Lipinski definition) is 1. The van der Waals surface area contributed by atoms with Crippen LogP contribution in [0.2, 0.25) is 0 Å². The molecule has 0 N–H and O–H groups in total. The maximum Gasteiger partial charge on any atom is 0.267 e. The lowest BCUT2D eigenvalue weighted by molar-refractivity contribution is 0.397. The Balaban J connectivity index is 3.29. The molecule has 3 heteroatoms. The molecule has 0 saturated heterocycles. The molecule has 0 heterocycles. The molecule has 0 rings (SSSR count). The predicted molar refractivity (Wildman–Crippen MR) is 28.9 cm³/mol. The average molecular weight is 121 g/mol. The van der Waals surface area contributed by atoms with Crippen molar-refractivity contribution in [3.63, 3.8) is 0 Å². The van der Waals surface area contributed by atoms with Crippen LogP contribution < -0.4 is 0 Å². The summed E-state index contributed by atoms with van der Waals surface area (Å²) in [6.45, 7) is 0.308. The van der Waals surface area contributed by atoms with Crippen LogP contribution in [0.5, 0.6) is 0 Å². The van der Waals surface area contributed by atoms with Crippen molar-refractivity contribution in [3.8, 4) is 0 Å². The monoisotopic (exact) mass is 121 g/mol. The first-order valence-corrected chi connectivity index (χ1v) is 2.29. The van der Waals surface area contributed by atoms with E-state index < -0.39 is 6.08 Å². The fourth-order valence-electron chi connectivity index (χ4n) is 0.252. The second kappa shape index (κ2) is 3.55. The van der Waals surface area contributed by atoms with Crippen molar-refractivity contribution < 1.29 is 8.78 Å². The average Bonchev–Trinajstić information content (AvgIpc) is 1.61. The third-order valence-corrected chi connectivity index (χ3v) is 0.611. The molecule has 0 saturated carbocycles. The maximum atomic E-state index is 11.2. The SMILES string of the molecule is CN(C)CC=C(F)F. The second-order valence-corrected chi connectivity index (χ2v) is 1.76. The third-order valence-electron chi connectivity index (χ3n) is 0.611. The van der Waals surface area contributed by atoms with Gasteiger partial charge < -0.3 is 4.90 Å². The van der Waals surface area contributed by atoms with E-state index >= 15 is 0 Å². The maximum absolute atomic E-state index is 11.2. The Morgan fingerprint density at radius 2 is 2.00 bits per heavy atom. The summed E-state index contributed by atoms with van der Waals surface area (Å²) in [5.74, 6) is 0. The van der Waals surface area contributed by atoms with Crippen molar-refractivity contribution >= 4 is 0 Å². The zero-order chi connectivity index (χ0) is 6.57. The van der Waals surface area contributed by atoms with Crippen LogP contribution in [0, 0.1) is 0 Å². The Bertz CT molecular complexity index is 84.4. The van der Waals surface area contributed by atoms with Gasteiger partial charge in [0.2, 0.25) is 0 Å². The van der Waals surface area contributed by atoms with Crippen LogP contribution in [0.25, 0.3) is 0 Å². The minimum Gasteiger partial charge on any atom is -0.306 e. The minimum atomic E-state index is -1.61. The van der Waals surface area contributed by atoms with Gasteiger partial charge in [0.25, 0.3) is 6.08 Å². The van der Waals surface area contributed by atoms with Crippen LogP contribution in [0.15, 0.2) is 12.2 Å². The summed E-state index contributed by atoms with van der Waals surface area (Å²) in [6, 6.07) is 0. The quantitative estimate of drug-likeness (QED) is 0.532. The molecule has 0 aromatic heterocycles. The van der Waals surface area contributed by atoms with Crippen LogP contribution >= 0.6 is 0 Å². The standard InChI is InChI=1S/C5H9F2N/c1-8(2)4-3-5(6)7/h3H,4H2,1-2H3. The van der Waals surface area contributed by atoms with Gasteiger partial charge in [0, 0.05) is 6.54 Å². The van der Waals surface area contributed by atoms with E-state index in [1.807, 2.05) is 0 Å². The van der Waals surface area contributed by atoms with E-state index in [-0.39, 0.29) is 0 Å². The normalized spacial score (nSPS) is 9.62. The van der Waals surface area contributed by atoms with Gasteiger partial charge >= 0.3 is 0 Å². The Hall–Kier alpha value is -0.440. The molecule has 1 nitrogen and oxygen atoms in total. The van der Waals surface area contributed by atoms with Gasteiger partial charge in [0.05, 0.1) is 0 Å². The molecule has 48 valence electrons. The molecule has 0 spiro atoms. The second-order valence-electron chi connectivity index (χ2n) is 1.76. The zero-order valence-corrected chi connectivity index (χ0v) is 4.99. The Morgan fingerprint density at radius 3 is 2.12 bits per heavy atom. The highest BCUT2D eigenvalue weighted by atomic mass is 19.3. The third kappa shape index (κ3) is 5.56. The molecule has 0 aliphatic rings. The molecule has 0 unspecified atom stereocenters. The highest BCUT2D eigenvalue weighted by molar-refractivity contribution is 4.81. The molecule has 0 radical (unpaired) electrons. The van der Waals surface area contributed by atoms with Gasteiger partial charge in [-0.15, -0.1) is 0 Å². The summed E-state index contributed by atoms with van der Waals surface area (Å²) in [6.07, 6.45) is -0.737. The van der Waals surface area contributed by atoms with Gasteiger partial charge in [-0.1, -0.05) is 0 Å². The molecule has 0 fully saturated rings. The van der Waals surface area contributed by atoms with Crippen molar-refractivity contribution in [2.75, 3.05) is 20.6 Å². The smallest absolute Gasteiger partial charge is 0.267 e. The van der Waals surface area contributed by atoms with Crippen molar-refractivity contribution in [1.82, 2.24) is 4.90 Å². The van der Waals surface area contributed by atoms with Crippen LogP contribution in [0.3, 0.4) is 0 Å². The molecule has 0 bridgehead atoms. The first-order chi connectivity index (χ1) is 3.63. The fourth-order valence-corrected chi connectivity index (χ4v) is 0.252. The highest BCUT2D eigenvalue weighted by Gasteiger charge is 1.87. The summed E-state index contributed by atoms with van der Waals surface area (Å²) in [7, 11) is 3.47. The first kappa shape index (κ1) is 7.56. The van der Waals surface area contributed by atoms with Crippen molar-refractivity contribution in [3.05, 3.63) is 12.2 Å². The topological polar surface area (TPSA) is 3.24 Å². The van der Waals surface area contributed by atoms with E-state index in [0.29, 0.717) is 6.54 Å². The molecule has 0 aliphatic carbocycles. The number of rotatable bonds is 2. The highest BCUT2D eigenvalue weighted by Crippen LogP contribution is 1.94. The van der Waals surface area contributed by atoms with E-state index in [4.69, 9.17) is 0 Å². The number of nitrogens with zero attached hydrogens (tertiary/aromatic N) is 1. The summed E-state index contributed by atoms with van der Waals surface area (Å²) >= 11 is 0. The first-order valence-electron chi connectivity index (χ1n) is 2.29. The number of likely N-dealkylation sites (N-methyl/N-ethyl adjacent to an activating group) is 1. The van der Waals surface area contributed by atoms with Gasteiger partial charge in [-0.05, 0) is 20.2 Å². The minimum absolute atomic E-state index is 0.308. The van der Waals surface area contributed by atoms with Crippen LogP contribution in [-0.4, -0.2) is 25.5 Å². The van der Waals surface area contributed by atoms with E-state index in [1.54, 1.807) is 19.0 Å². The summed E-state index contributed by atoms with van der Waals surface area (Å²) in [5, 5.41) is 0. The van der Waals surface area contributed by atoms with Gasteiger partial charge in [0.1, 0.15) is 0 Å². The van der Waals surface area contributed by atoms with Crippen molar-refractivity contribution in [2.45, 2.75) is 0 Å². The largest absolute Gasteiger partial charge is 0.306 e. The summed E-state index contributed by atoms with van der Waals surface area (Å²) in [4.78, 5) is 1.67. The lowest BCUT2D eigenvalue weighted by Crippen LogP contribution is -2.10. The van der Waals surface area contributed by atoms with E-state index in [1.165, 1.54) is 0 Å². The Kier molecular flexibility index (Phi) is 3.35. The van der Waals surface area contributed by atoms with E-state index in [9.17, 15) is 8.78 Å². The zero-order valence-electron chi connectivity index (χ0n) is 4.99. The molecule has 0 aliphatic heterocycles. The summed E-state index contributed by atoms with van der Waals surface area (Å²) in [5.41, 5.74) is 0. The van der Waals surface area contributed by atoms with Crippen molar-refractivity contribution in [1.29, 1.82) is 0 Å². The van der Waals surface area contributed by atoms with Crippen LogP contribution in [-0.2, 0) is 0 Å². The van der Waals surface area contributed by atoms with Gasteiger partial charge in [-0.3, -0.25) is 0 Å². The molecule has 0 atom stereocenters. The molecular formula is C5H9F2N. The number of hydrogen-bond donors (Lipinski definition) is 0. The van der Waals surface area contributed by atoms with Crippen LogP contribution in [0.4, 0.5) is 8.78 Å².